The number of rotatable bonds is 9. The van der Waals surface area contributed by atoms with Crippen LogP contribution in [0.2, 0.25) is 0 Å². The van der Waals surface area contributed by atoms with Gasteiger partial charge in [0.2, 0.25) is 10.0 Å². The molecule has 1 fully saturated rings. The van der Waals surface area contributed by atoms with Crippen molar-refractivity contribution in [3.63, 3.8) is 0 Å². The third-order valence-corrected chi connectivity index (χ3v) is 6.04. The van der Waals surface area contributed by atoms with Gasteiger partial charge in [-0.15, -0.1) is 0 Å². The van der Waals surface area contributed by atoms with E-state index < -0.39 is 16.1 Å². The summed E-state index contributed by atoms with van der Waals surface area (Å²) < 4.78 is 28.0. The lowest BCUT2D eigenvalue weighted by Crippen LogP contribution is -2.34. The van der Waals surface area contributed by atoms with Gasteiger partial charge in [0.25, 0.3) is 5.91 Å². The lowest BCUT2D eigenvalue weighted by atomic mass is 10.1. The average Bonchev–Trinajstić information content (AvgIpc) is 2.92. The zero-order chi connectivity index (χ0) is 18.4. The van der Waals surface area contributed by atoms with E-state index in [-0.39, 0.29) is 16.8 Å². The molecule has 1 saturated heterocycles. The minimum Gasteiger partial charge on any atom is -0.383 e. The van der Waals surface area contributed by atoms with Gasteiger partial charge in [0.05, 0.1) is 4.90 Å². The van der Waals surface area contributed by atoms with Crippen LogP contribution in [0.15, 0.2) is 29.2 Å². The number of carbonyl (C=O) groups is 1. The molecule has 7 heteroatoms. The smallest absolute Gasteiger partial charge is 0.255 e. The molecule has 1 aliphatic heterocycles. The van der Waals surface area contributed by atoms with E-state index in [4.69, 9.17) is 0 Å². The number of sulfonamides is 1. The number of anilines is 1. The number of carbonyl (C=O) groups excluding carboxylic acids is 1. The number of amides is 1. The van der Waals surface area contributed by atoms with Crippen LogP contribution in [0.5, 0.6) is 0 Å². The molecule has 0 aromatic heterocycles. The minimum absolute atomic E-state index is 0.0510. The van der Waals surface area contributed by atoms with Gasteiger partial charge in [-0.3, -0.25) is 4.79 Å². The normalized spacial score (nSPS) is 19.4. The van der Waals surface area contributed by atoms with Crippen molar-refractivity contribution in [2.24, 2.45) is 0 Å². The van der Waals surface area contributed by atoms with Gasteiger partial charge in [-0.05, 0) is 37.1 Å². The Bertz CT molecular complexity index is 673. The summed E-state index contributed by atoms with van der Waals surface area (Å²) in [4.78, 5) is 13.5. The molecule has 25 heavy (non-hydrogen) atoms. The van der Waals surface area contributed by atoms with Gasteiger partial charge < -0.3 is 10.0 Å². The topological polar surface area (TPSA) is 86.7 Å². The summed E-state index contributed by atoms with van der Waals surface area (Å²) in [6, 6.07) is 6.21. The van der Waals surface area contributed by atoms with E-state index in [9.17, 15) is 18.3 Å². The molecule has 140 valence electrons. The first-order valence-corrected chi connectivity index (χ1v) is 10.5. The van der Waals surface area contributed by atoms with Crippen LogP contribution >= 0.6 is 0 Å². The molecule has 6 nitrogen and oxygen atoms in total. The van der Waals surface area contributed by atoms with Crippen molar-refractivity contribution in [1.82, 2.24) is 4.72 Å². The zero-order valence-electron chi connectivity index (χ0n) is 14.9. The lowest BCUT2D eigenvalue weighted by molar-refractivity contribution is -0.123. The fraction of sp³-hybridized carbons (Fsp3) is 0.611. The number of nitrogens with zero attached hydrogens (tertiary/aromatic N) is 1. The van der Waals surface area contributed by atoms with E-state index in [2.05, 4.69) is 11.6 Å². The number of aliphatic hydroxyl groups is 1. The first-order chi connectivity index (χ1) is 11.9. The number of hydrogen-bond acceptors (Lipinski definition) is 4. The maximum atomic E-state index is 12.6. The Morgan fingerprint density at radius 1 is 1.20 bits per heavy atom. The first kappa shape index (κ1) is 19.9. The molecule has 1 aromatic rings. The summed E-state index contributed by atoms with van der Waals surface area (Å²) >= 11 is 0. The molecule has 2 atom stereocenters. The molecule has 0 spiro atoms. The quantitative estimate of drug-likeness (QED) is 0.701. The van der Waals surface area contributed by atoms with Crippen molar-refractivity contribution in [3.8, 4) is 0 Å². The molecule has 1 unspecified atom stereocenters. The van der Waals surface area contributed by atoms with Crippen LogP contribution in [-0.4, -0.2) is 38.1 Å². The molecule has 0 bridgehead atoms. The van der Waals surface area contributed by atoms with Crippen molar-refractivity contribution in [2.45, 2.75) is 69.4 Å². The summed E-state index contributed by atoms with van der Waals surface area (Å²) in [7, 11) is -3.58. The molecule has 0 aliphatic carbocycles. The third-order valence-electron chi connectivity index (χ3n) is 4.50. The van der Waals surface area contributed by atoms with Crippen molar-refractivity contribution < 1.29 is 18.3 Å². The molecule has 0 saturated carbocycles. The van der Waals surface area contributed by atoms with Crippen LogP contribution in [0.25, 0.3) is 0 Å². The summed E-state index contributed by atoms with van der Waals surface area (Å²) in [6.07, 6.45) is 4.04. The Morgan fingerprint density at radius 3 is 2.40 bits per heavy atom. The van der Waals surface area contributed by atoms with Crippen LogP contribution in [0.4, 0.5) is 5.69 Å². The highest BCUT2D eigenvalue weighted by Gasteiger charge is 2.31. The Labute approximate surface area is 150 Å². The van der Waals surface area contributed by atoms with E-state index in [1.807, 2.05) is 6.92 Å². The standard InChI is InChI=1S/C18H28N2O4S/c1-3-5-7-14(6-4-2)19-25(23,24)16-10-8-15(9-11-16)20-13-12-17(21)18(20)22/h8-11,14,17,19,21H,3-7,12-13H2,1-2H3/t14?,17-/m1/s1. The number of nitrogens with one attached hydrogen (secondary N) is 1. The number of benzene rings is 1. The molecular formula is C18H28N2O4S. The molecule has 2 N–H and O–H groups in total. The second kappa shape index (κ2) is 8.78. The largest absolute Gasteiger partial charge is 0.383 e. The van der Waals surface area contributed by atoms with Gasteiger partial charge >= 0.3 is 0 Å². The fourth-order valence-electron chi connectivity index (χ4n) is 3.08. The monoisotopic (exact) mass is 368 g/mol. The van der Waals surface area contributed by atoms with Gasteiger partial charge in [0.15, 0.2) is 0 Å². The molecule has 1 heterocycles. The lowest BCUT2D eigenvalue weighted by Gasteiger charge is -2.19. The van der Waals surface area contributed by atoms with Crippen LogP contribution in [0.1, 0.15) is 52.4 Å². The van der Waals surface area contributed by atoms with Crippen LogP contribution in [0, 0.1) is 0 Å². The highest BCUT2D eigenvalue weighted by atomic mass is 32.2. The Morgan fingerprint density at radius 2 is 1.88 bits per heavy atom. The highest BCUT2D eigenvalue weighted by molar-refractivity contribution is 7.89. The third kappa shape index (κ3) is 5.03. The molecular weight excluding hydrogens is 340 g/mol. The second-order valence-corrected chi connectivity index (χ2v) is 8.25. The SMILES string of the molecule is CCCCC(CCC)NS(=O)(=O)c1ccc(N2CC[C@@H](O)C2=O)cc1. The van der Waals surface area contributed by atoms with Crippen LogP contribution in [0.3, 0.4) is 0 Å². The van der Waals surface area contributed by atoms with E-state index in [0.717, 1.165) is 32.1 Å². The Hall–Kier alpha value is -1.44. The Balaban J connectivity index is 2.10. The zero-order valence-corrected chi connectivity index (χ0v) is 15.8. The van der Waals surface area contributed by atoms with E-state index >= 15 is 0 Å². The van der Waals surface area contributed by atoms with E-state index in [1.54, 1.807) is 12.1 Å². The molecule has 1 aliphatic rings. The maximum Gasteiger partial charge on any atom is 0.255 e. The van der Waals surface area contributed by atoms with Gasteiger partial charge in [-0.25, -0.2) is 13.1 Å². The van der Waals surface area contributed by atoms with Crippen molar-refractivity contribution in [2.75, 3.05) is 11.4 Å². The van der Waals surface area contributed by atoms with E-state index in [1.165, 1.54) is 17.0 Å². The Kier molecular flexibility index (Phi) is 6.98. The molecule has 1 amide bonds. The fourth-order valence-corrected chi connectivity index (χ4v) is 4.38. The van der Waals surface area contributed by atoms with E-state index in [0.29, 0.717) is 18.7 Å². The summed E-state index contributed by atoms with van der Waals surface area (Å²) in [5, 5.41) is 9.54. The predicted octanol–water partition coefficient (Wildman–Crippen LogP) is 2.42. The highest BCUT2D eigenvalue weighted by Crippen LogP contribution is 2.23. The summed E-state index contributed by atoms with van der Waals surface area (Å²) in [6.45, 7) is 4.58. The first-order valence-electron chi connectivity index (χ1n) is 9.01. The van der Waals surface area contributed by atoms with Crippen molar-refractivity contribution in [3.05, 3.63) is 24.3 Å². The predicted molar refractivity (Wildman–Crippen MR) is 98.0 cm³/mol. The maximum absolute atomic E-state index is 12.6. The summed E-state index contributed by atoms with van der Waals surface area (Å²) in [5.41, 5.74) is 0.608. The van der Waals surface area contributed by atoms with Crippen LogP contribution < -0.4 is 9.62 Å². The van der Waals surface area contributed by atoms with Gasteiger partial charge in [0, 0.05) is 24.7 Å². The van der Waals surface area contributed by atoms with Gasteiger partial charge in [-0.1, -0.05) is 33.1 Å². The van der Waals surface area contributed by atoms with Gasteiger partial charge in [-0.2, -0.15) is 0 Å². The molecule has 1 aromatic carbocycles. The second-order valence-electron chi connectivity index (χ2n) is 6.54. The number of unbranched alkanes of at least 4 members (excludes halogenated alkanes) is 1. The van der Waals surface area contributed by atoms with Crippen LogP contribution in [-0.2, 0) is 14.8 Å². The van der Waals surface area contributed by atoms with Crippen molar-refractivity contribution in [1.29, 1.82) is 0 Å². The average molecular weight is 368 g/mol. The number of hydrogen-bond donors (Lipinski definition) is 2. The minimum atomic E-state index is -3.58. The molecule has 2 rings (SSSR count). The number of aliphatic hydroxyl groups excluding tert-OH is 1. The summed E-state index contributed by atoms with van der Waals surface area (Å²) in [5.74, 6) is -0.337. The molecule has 0 radical (unpaired) electrons. The van der Waals surface area contributed by atoms with Crippen molar-refractivity contribution >= 4 is 21.6 Å². The van der Waals surface area contributed by atoms with Gasteiger partial charge in [0.1, 0.15) is 6.10 Å².